The molecule has 0 saturated heterocycles. The minimum atomic E-state index is 0.0798. The second kappa shape index (κ2) is 5.50. The number of benzene rings is 1. The van der Waals surface area contributed by atoms with Crippen LogP contribution in [-0.2, 0) is 0 Å². The topological polar surface area (TPSA) is 35.2 Å². The van der Waals surface area contributed by atoms with Gasteiger partial charge in [0.25, 0.3) is 0 Å². The number of hydrogen-bond acceptors (Lipinski definition) is 2. The van der Waals surface area contributed by atoms with E-state index in [1.54, 1.807) is 7.11 Å². The minimum absolute atomic E-state index is 0.0798. The summed E-state index contributed by atoms with van der Waals surface area (Å²) in [4.78, 5) is 0. The summed E-state index contributed by atoms with van der Waals surface area (Å²) in [7, 11) is 1.64. The Hall–Kier alpha value is -0.730. The Labute approximate surface area is 114 Å². The van der Waals surface area contributed by atoms with Crippen molar-refractivity contribution >= 4 is 11.6 Å². The summed E-state index contributed by atoms with van der Waals surface area (Å²) >= 11 is 6.06. The second-order valence-corrected chi connectivity index (χ2v) is 5.70. The smallest absolute Gasteiger partial charge is 0.137 e. The van der Waals surface area contributed by atoms with Crippen LogP contribution in [0.25, 0.3) is 0 Å². The van der Waals surface area contributed by atoms with Crippen molar-refractivity contribution in [3.05, 3.63) is 28.8 Å². The van der Waals surface area contributed by atoms with Gasteiger partial charge in [-0.15, -0.1) is 0 Å². The van der Waals surface area contributed by atoms with Gasteiger partial charge in [0.15, 0.2) is 0 Å². The zero-order valence-corrected chi connectivity index (χ0v) is 12.0. The molecule has 1 aromatic rings. The first-order valence-corrected chi connectivity index (χ1v) is 7.10. The van der Waals surface area contributed by atoms with Gasteiger partial charge in [-0.3, -0.25) is 0 Å². The fourth-order valence-electron chi connectivity index (χ4n) is 3.19. The molecule has 0 aliphatic heterocycles. The van der Waals surface area contributed by atoms with Gasteiger partial charge in [-0.25, -0.2) is 0 Å². The minimum Gasteiger partial charge on any atom is -0.495 e. The van der Waals surface area contributed by atoms with Gasteiger partial charge in [0.2, 0.25) is 0 Å². The quantitative estimate of drug-likeness (QED) is 0.882. The molecule has 1 aromatic carbocycles. The van der Waals surface area contributed by atoms with Crippen molar-refractivity contribution in [1.82, 2.24) is 0 Å². The molecule has 2 nitrogen and oxygen atoms in total. The second-order valence-electron chi connectivity index (χ2n) is 5.29. The lowest BCUT2D eigenvalue weighted by Gasteiger charge is -2.34. The van der Waals surface area contributed by atoms with E-state index in [1.807, 2.05) is 18.2 Å². The zero-order valence-electron chi connectivity index (χ0n) is 11.2. The van der Waals surface area contributed by atoms with E-state index in [9.17, 15) is 0 Å². The predicted octanol–water partition coefficient (Wildman–Crippen LogP) is 4.32. The molecule has 0 radical (unpaired) electrons. The van der Waals surface area contributed by atoms with Crippen LogP contribution in [0.5, 0.6) is 5.75 Å². The van der Waals surface area contributed by atoms with E-state index < -0.39 is 0 Å². The van der Waals surface area contributed by atoms with Crippen LogP contribution in [-0.4, -0.2) is 7.11 Å². The van der Waals surface area contributed by atoms with Gasteiger partial charge in [-0.2, -0.15) is 0 Å². The Morgan fingerprint density at radius 3 is 2.61 bits per heavy atom. The third kappa shape index (κ3) is 2.36. The van der Waals surface area contributed by atoms with E-state index in [2.05, 4.69) is 6.92 Å². The van der Waals surface area contributed by atoms with Crippen molar-refractivity contribution in [2.75, 3.05) is 7.11 Å². The Balaban J connectivity index is 2.30. The van der Waals surface area contributed by atoms with E-state index in [4.69, 9.17) is 22.1 Å². The molecule has 0 amide bonds. The van der Waals surface area contributed by atoms with Crippen LogP contribution in [0.4, 0.5) is 0 Å². The first-order valence-electron chi connectivity index (χ1n) is 6.72. The number of halogens is 1. The van der Waals surface area contributed by atoms with E-state index in [0.717, 1.165) is 12.0 Å². The van der Waals surface area contributed by atoms with Crippen LogP contribution in [0, 0.1) is 5.41 Å². The zero-order chi connectivity index (χ0) is 13.2. The van der Waals surface area contributed by atoms with E-state index in [1.165, 1.54) is 25.7 Å². The maximum absolute atomic E-state index is 6.52. The van der Waals surface area contributed by atoms with Gasteiger partial charge >= 0.3 is 0 Å². The van der Waals surface area contributed by atoms with Crippen LogP contribution in [0.2, 0.25) is 5.02 Å². The largest absolute Gasteiger partial charge is 0.495 e. The Morgan fingerprint density at radius 1 is 1.39 bits per heavy atom. The molecular weight excluding hydrogens is 246 g/mol. The molecule has 1 saturated carbocycles. The number of methoxy groups -OCH3 is 1. The molecule has 100 valence electrons. The molecular formula is C15H22ClNO. The van der Waals surface area contributed by atoms with Crippen LogP contribution in [0.3, 0.4) is 0 Å². The molecule has 1 aliphatic carbocycles. The van der Waals surface area contributed by atoms with E-state index >= 15 is 0 Å². The molecule has 0 spiro atoms. The van der Waals surface area contributed by atoms with Crippen molar-refractivity contribution in [1.29, 1.82) is 0 Å². The lowest BCUT2D eigenvalue weighted by atomic mass is 9.74. The molecule has 3 heteroatoms. The van der Waals surface area contributed by atoms with E-state index in [-0.39, 0.29) is 11.5 Å². The van der Waals surface area contributed by atoms with Crippen LogP contribution < -0.4 is 10.5 Å². The van der Waals surface area contributed by atoms with Crippen molar-refractivity contribution < 1.29 is 4.74 Å². The Bertz CT molecular complexity index is 413. The predicted molar refractivity (Wildman–Crippen MR) is 76.1 cm³/mol. The highest BCUT2D eigenvalue weighted by atomic mass is 35.5. The van der Waals surface area contributed by atoms with Crippen LogP contribution in [0.15, 0.2) is 18.2 Å². The molecule has 0 heterocycles. The van der Waals surface area contributed by atoms with Crippen molar-refractivity contribution in [3.63, 3.8) is 0 Å². The van der Waals surface area contributed by atoms with Gasteiger partial charge in [0.05, 0.1) is 12.1 Å². The molecule has 1 aliphatic rings. The fourth-order valence-corrected chi connectivity index (χ4v) is 3.38. The van der Waals surface area contributed by atoms with E-state index in [0.29, 0.717) is 10.8 Å². The van der Waals surface area contributed by atoms with Crippen molar-refractivity contribution in [2.24, 2.45) is 11.1 Å². The fraction of sp³-hybridized carbons (Fsp3) is 0.600. The van der Waals surface area contributed by atoms with Gasteiger partial charge < -0.3 is 10.5 Å². The molecule has 18 heavy (non-hydrogen) atoms. The standard InChI is InChI=1S/C15H22ClNO/c1-3-15(8-4-5-9-15)14(17)11-6-7-12(16)13(10-11)18-2/h6-7,10,14H,3-5,8-9,17H2,1-2H3. The first-order chi connectivity index (χ1) is 8.63. The highest BCUT2D eigenvalue weighted by Gasteiger charge is 2.38. The molecule has 2 rings (SSSR count). The SMILES string of the molecule is CCC1(C(N)c2ccc(Cl)c(OC)c2)CCCC1. The summed E-state index contributed by atoms with van der Waals surface area (Å²) in [6.07, 6.45) is 6.20. The summed E-state index contributed by atoms with van der Waals surface area (Å²) < 4.78 is 5.28. The lowest BCUT2D eigenvalue weighted by Crippen LogP contribution is -2.31. The highest BCUT2D eigenvalue weighted by molar-refractivity contribution is 6.32. The summed E-state index contributed by atoms with van der Waals surface area (Å²) in [6.45, 7) is 2.25. The lowest BCUT2D eigenvalue weighted by molar-refractivity contribution is 0.222. The van der Waals surface area contributed by atoms with Gasteiger partial charge in [0, 0.05) is 6.04 Å². The van der Waals surface area contributed by atoms with Crippen LogP contribution >= 0.6 is 11.6 Å². The highest BCUT2D eigenvalue weighted by Crippen LogP contribution is 2.49. The summed E-state index contributed by atoms with van der Waals surface area (Å²) in [5.74, 6) is 0.717. The average molecular weight is 268 g/mol. The monoisotopic (exact) mass is 267 g/mol. The molecule has 0 bridgehead atoms. The maximum atomic E-state index is 6.52. The normalized spacial score (nSPS) is 19.8. The Kier molecular flexibility index (Phi) is 4.18. The summed E-state index contributed by atoms with van der Waals surface area (Å²) in [5, 5.41) is 0.644. The first kappa shape index (κ1) is 13.7. The Morgan fingerprint density at radius 2 is 2.06 bits per heavy atom. The average Bonchev–Trinajstić information content (AvgIpc) is 2.88. The molecule has 0 aromatic heterocycles. The number of ether oxygens (including phenoxy) is 1. The van der Waals surface area contributed by atoms with Gasteiger partial charge in [-0.1, -0.05) is 37.4 Å². The third-order valence-electron chi connectivity index (χ3n) is 4.50. The van der Waals surface area contributed by atoms with Gasteiger partial charge in [0.1, 0.15) is 5.75 Å². The molecule has 1 unspecified atom stereocenters. The number of nitrogens with two attached hydrogens (primary N) is 1. The maximum Gasteiger partial charge on any atom is 0.137 e. The van der Waals surface area contributed by atoms with Gasteiger partial charge in [-0.05, 0) is 42.4 Å². The number of rotatable bonds is 4. The molecule has 1 atom stereocenters. The summed E-state index contributed by atoms with van der Waals surface area (Å²) in [6, 6.07) is 5.98. The third-order valence-corrected chi connectivity index (χ3v) is 4.81. The number of hydrogen-bond donors (Lipinski definition) is 1. The van der Waals surface area contributed by atoms with Crippen molar-refractivity contribution in [3.8, 4) is 5.75 Å². The molecule has 1 fully saturated rings. The van der Waals surface area contributed by atoms with Crippen LogP contribution in [0.1, 0.15) is 50.6 Å². The van der Waals surface area contributed by atoms with Crippen molar-refractivity contribution in [2.45, 2.75) is 45.1 Å². The summed E-state index contributed by atoms with van der Waals surface area (Å²) in [5.41, 5.74) is 7.92. The molecule has 2 N–H and O–H groups in total.